The van der Waals surface area contributed by atoms with E-state index in [-0.39, 0.29) is 18.0 Å². The zero-order valence-electron chi connectivity index (χ0n) is 17.8. The van der Waals surface area contributed by atoms with Gasteiger partial charge in [0.1, 0.15) is 12.2 Å². The molecule has 0 atom stereocenters. The first kappa shape index (κ1) is 22.6. The maximum absolute atomic E-state index is 12.5. The second-order valence-electron chi connectivity index (χ2n) is 7.09. The van der Waals surface area contributed by atoms with Gasteiger partial charge in [-0.05, 0) is 31.9 Å². The molecule has 3 aromatic rings. The number of carboxylic acid groups (broad SMARTS) is 1. The molecule has 0 aliphatic heterocycles. The van der Waals surface area contributed by atoms with Crippen molar-refractivity contribution in [1.82, 2.24) is 18.7 Å². The summed E-state index contributed by atoms with van der Waals surface area (Å²) in [6, 6.07) is 4.01. The zero-order valence-corrected chi connectivity index (χ0v) is 17.8. The molecular formula is C20H25N5O5. The Kier molecular flexibility index (Phi) is 6.60. The molecule has 2 N–H and O–H groups in total. The van der Waals surface area contributed by atoms with Crippen molar-refractivity contribution in [2.75, 3.05) is 5.32 Å². The molecule has 1 amide bonds. The van der Waals surface area contributed by atoms with Crippen molar-refractivity contribution in [3.63, 3.8) is 0 Å². The highest BCUT2D eigenvalue weighted by atomic mass is 16.4. The normalized spacial score (nSPS) is 10.5. The Morgan fingerprint density at radius 2 is 1.60 bits per heavy atom. The smallest absolute Gasteiger partial charge is 0.332 e. The van der Waals surface area contributed by atoms with Crippen LogP contribution in [0.25, 0.3) is 11.2 Å². The lowest BCUT2D eigenvalue weighted by Gasteiger charge is -2.14. The molecule has 0 fully saturated rings. The highest BCUT2D eigenvalue weighted by Gasteiger charge is 2.16. The second kappa shape index (κ2) is 8.76. The van der Waals surface area contributed by atoms with Gasteiger partial charge in [-0.15, -0.1) is 0 Å². The van der Waals surface area contributed by atoms with Crippen molar-refractivity contribution in [2.45, 2.75) is 34.2 Å². The standard InChI is InChI=1S/C18H21N5O3.C2H4O2/c1-10-6-11(2)14(12(3)7-10)20-13(24)8-23-9-19-15-16(23)21(4)18(26)22(5)17(15)25;1-2(3)4/h6-7,9H,8H2,1-5H3,(H,20,24);1H3,(H,3,4). The summed E-state index contributed by atoms with van der Waals surface area (Å²) >= 11 is 0. The van der Waals surface area contributed by atoms with Crippen LogP contribution in [0.3, 0.4) is 0 Å². The summed E-state index contributed by atoms with van der Waals surface area (Å²) in [6.07, 6.45) is 1.40. The van der Waals surface area contributed by atoms with Gasteiger partial charge in [0.2, 0.25) is 5.91 Å². The van der Waals surface area contributed by atoms with Crippen LogP contribution in [0.4, 0.5) is 5.69 Å². The summed E-state index contributed by atoms with van der Waals surface area (Å²) in [6.45, 7) is 6.92. The van der Waals surface area contributed by atoms with E-state index in [1.165, 1.54) is 22.5 Å². The third kappa shape index (κ3) is 4.65. The maximum Gasteiger partial charge on any atom is 0.332 e. The zero-order chi connectivity index (χ0) is 22.7. The number of benzene rings is 1. The number of rotatable bonds is 3. The van der Waals surface area contributed by atoms with Gasteiger partial charge < -0.3 is 15.0 Å². The average Bonchev–Trinajstić information content (AvgIpc) is 3.04. The molecule has 0 saturated heterocycles. The van der Waals surface area contributed by atoms with E-state index in [0.29, 0.717) is 5.65 Å². The fraction of sp³-hybridized carbons (Fsp3) is 0.350. The number of aryl methyl sites for hydroxylation is 4. The molecule has 10 heteroatoms. The molecule has 0 spiro atoms. The van der Waals surface area contributed by atoms with E-state index in [1.807, 2.05) is 32.9 Å². The predicted molar refractivity (Wildman–Crippen MR) is 113 cm³/mol. The number of hydrogen-bond donors (Lipinski definition) is 2. The number of fused-ring (bicyclic) bond motifs is 1. The summed E-state index contributed by atoms with van der Waals surface area (Å²) in [4.78, 5) is 49.9. The largest absolute Gasteiger partial charge is 0.481 e. The van der Waals surface area contributed by atoms with Gasteiger partial charge in [-0.2, -0.15) is 0 Å². The SMILES string of the molecule is CC(=O)O.Cc1cc(C)c(NC(=O)Cn2cnc3c(=O)n(C)c(=O)n(C)c32)c(C)c1. The molecule has 10 nitrogen and oxygen atoms in total. The van der Waals surface area contributed by atoms with Crippen LogP contribution in [0.1, 0.15) is 23.6 Å². The molecule has 0 aliphatic rings. The van der Waals surface area contributed by atoms with Crippen molar-refractivity contribution in [3.05, 3.63) is 56.0 Å². The van der Waals surface area contributed by atoms with Crippen LogP contribution < -0.4 is 16.6 Å². The van der Waals surface area contributed by atoms with Gasteiger partial charge in [0.05, 0.1) is 6.33 Å². The van der Waals surface area contributed by atoms with Crippen molar-refractivity contribution in [1.29, 1.82) is 0 Å². The number of nitrogens with zero attached hydrogens (tertiary/aromatic N) is 4. The maximum atomic E-state index is 12.5. The summed E-state index contributed by atoms with van der Waals surface area (Å²) in [5.41, 5.74) is 3.40. The molecule has 0 radical (unpaired) electrons. The quantitative estimate of drug-likeness (QED) is 0.659. The number of anilines is 1. The molecule has 160 valence electrons. The highest BCUT2D eigenvalue weighted by molar-refractivity contribution is 5.93. The third-order valence-electron chi connectivity index (χ3n) is 4.46. The minimum absolute atomic E-state index is 0.0519. The number of carbonyl (C=O) groups excluding carboxylic acids is 1. The van der Waals surface area contributed by atoms with Crippen LogP contribution in [0.5, 0.6) is 0 Å². The molecule has 1 aromatic carbocycles. The topological polar surface area (TPSA) is 128 Å². The molecule has 30 heavy (non-hydrogen) atoms. The molecule has 3 rings (SSSR count). The van der Waals surface area contributed by atoms with E-state index >= 15 is 0 Å². The van der Waals surface area contributed by atoms with Crippen LogP contribution in [0.2, 0.25) is 0 Å². The summed E-state index contributed by atoms with van der Waals surface area (Å²) < 4.78 is 3.82. The Labute approximate surface area is 172 Å². The fourth-order valence-electron chi connectivity index (χ4n) is 3.27. The Hall–Kier alpha value is -3.69. The Morgan fingerprint density at radius 3 is 2.13 bits per heavy atom. The number of imidazole rings is 1. The Morgan fingerprint density at radius 1 is 1.07 bits per heavy atom. The van der Waals surface area contributed by atoms with Gasteiger partial charge in [-0.3, -0.25) is 23.5 Å². The summed E-state index contributed by atoms with van der Waals surface area (Å²) in [5, 5.41) is 10.3. The Bertz CT molecular complexity index is 1220. The van der Waals surface area contributed by atoms with Crippen LogP contribution in [0, 0.1) is 20.8 Å². The molecule has 2 aromatic heterocycles. The number of hydrogen-bond acceptors (Lipinski definition) is 5. The van der Waals surface area contributed by atoms with E-state index in [1.54, 1.807) is 7.05 Å². The number of carboxylic acids is 1. The minimum Gasteiger partial charge on any atom is -0.481 e. The molecule has 0 aliphatic carbocycles. The summed E-state index contributed by atoms with van der Waals surface area (Å²) in [5.74, 6) is -1.09. The second-order valence-corrected chi connectivity index (χ2v) is 7.09. The third-order valence-corrected chi connectivity index (χ3v) is 4.46. The van der Waals surface area contributed by atoms with Gasteiger partial charge in [-0.1, -0.05) is 17.7 Å². The molecule has 0 unspecified atom stereocenters. The van der Waals surface area contributed by atoms with Gasteiger partial charge in [0, 0.05) is 26.7 Å². The van der Waals surface area contributed by atoms with E-state index in [4.69, 9.17) is 9.90 Å². The number of nitrogens with one attached hydrogen (secondary N) is 1. The van der Waals surface area contributed by atoms with Crippen molar-refractivity contribution >= 4 is 28.7 Å². The number of amides is 1. The Balaban J connectivity index is 0.000000735. The van der Waals surface area contributed by atoms with E-state index in [9.17, 15) is 14.4 Å². The first-order chi connectivity index (χ1) is 13.9. The van der Waals surface area contributed by atoms with Crippen LogP contribution in [-0.2, 0) is 30.2 Å². The first-order valence-corrected chi connectivity index (χ1v) is 9.12. The lowest BCUT2D eigenvalue weighted by Crippen LogP contribution is -2.37. The van der Waals surface area contributed by atoms with Gasteiger partial charge in [0.25, 0.3) is 11.5 Å². The van der Waals surface area contributed by atoms with Crippen molar-refractivity contribution < 1.29 is 14.7 Å². The number of aliphatic carboxylic acids is 1. The predicted octanol–water partition coefficient (Wildman–Crippen LogP) is 1.09. The minimum atomic E-state index is -0.833. The van der Waals surface area contributed by atoms with E-state index in [0.717, 1.165) is 33.9 Å². The fourth-order valence-corrected chi connectivity index (χ4v) is 3.27. The first-order valence-electron chi connectivity index (χ1n) is 9.12. The van der Waals surface area contributed by atoms with Gasteiger partial charge in [0.15, 0.2) is 5.52 Å². The molecule has 2 heterocycles. The van der Waals surface area contributed by atoms with Crippen LogP contribution in [-0.4, -0.2) is 35.7 Å². The van der Waals surface area contributed by atoms with Gasteiger partial charge >= 0.3 is 5.69 Å². The highest BCUT2D eigenvalue weighted by Crippen LogP contribution is 2.22. The van der Waals surface area contributed by atoms with Gasteiger partial charge in [-0.25, -0.2) is 9.78 Å². The van der Waals surface area contributed by atoms with Crippen molar-refractivity contribution in [3.8, 4) is 0 Å². The number of aromatic nitrogens is 4. The summed E-state index contributed by atoms with van der Waals surface area (Å²) in [7, 11) is 2.95. The molecular weight excluding hydrogens is 390 g/mol. The van der Waals surface area contributed by atoms with E-state index < -0.39 is 17.2 Å². The van der Waals surface area contributed by atoms with Crippen molar-refractivity contribution in [2.24, 2.45) is 14.1 Å². The van der Waals surface area contributed by atoms with Crippen LogP contribution in [0.15, 0.2) is 28.0 Å². The lowest BCUT2D eigenvalue weighted by molar-refractivity contribution is -0.134. The molecule has 0 bridgehead atoms. The monoisotopic (exact) mass is 415 g/mol. The molecule has 0 saturated carbocycles. The average molecular weight is 415 g/mol. The van der Waals surface area contributed by atoms with E-state index in [2.05, 4.69) is 10.3 Å². The lowest BCUT2D eigenvalue weighted by atomic mass is 10.1. The van der Waals surface area contributed by atoms with Crippen LogP contribution >= 0.6 is 0 Å². The number of carbonyl (C=O) groups is 2.